The number of methoxy groups -OCH3 is 1. The summed E-state index contributed by atoms with van der Waals surface area (Å²) in [6.45, 7) is 1.13. The summed E-state index contributed by atoms with van der Waals surface area (Å²) in [5.74, 6) is -0.702. The molecule has 0 aromatic heterocycles. The number of hydrogen-bond donors (Lipinski definition) is 1. The van der Waals surface area contributed by atoms with Gasteiger partial charge in [0.2, 0.25) is 0 Å². The molecule has 2 atom stereocenters. The van der Waals surface area contributed by atoms with E-state index in [4.69, 9.17) is 4.74 Å². The van der Waals surface area contributed by atoms with Crippen LogP contribution in [-0.4, -0.2) is 26.2 Å². The Kier molecular flexibility index (Phi) is 3.91. The maximum Gasteiger partial charge on any atom is 0.310 e. The lowest BCUT2D eigenvalue weighted by atomic mass is 9.88. The van der Waals surface area contributed by atoms with Gasteiger partial charge in [-0.05, 0) is 11.6 Å². The first-order valence-electron chi connectivity index (χ1n) is 5.80. The summed E-state index contributed by atoms with van der Waals surface area (Å²) < 4.78 is 30.0. The second kappa shape index (κ2) is 5.44. The number of carbonyl (C=O) groups is 1. The summed E-state index contributed by atoms with van der Waals surface area (Å²) in [4.78, 5) is 11.6. The zero-order valence-electron chi connectivity index (χ0n) is 10.0. The topological polar surface area (TPSA) is 38.3 Å². The predicted octanol–water partition coefficient (Wildman–Crippen LogP) is 2.10. The number of carbonyl (C=O) groups excluding carboxylic acids is 1. The Bertz CT molecular complexity index is 437. The molecule has 0 bridgehead atoms. The summed E-state index contributed by atoms with van der Waals surface area (Å²) in [7, 11) is 1.34. The van der Waals surface area contributed by atoms with E-state index in [0.29, 0.717) is 13.1 Å². The third-order valence-electron chi connectivity index (χ3n) is 3.31. The SMILES string of the molecule is COC(=O)C1CNCC1c1cccc(C(F)F)c1. The van der Waals surface area contributed by atoms with Crippen LogP contribution in [0.4, 0.5) is 8.78 Å². The Morgan fingerprint density at radius 2 is 2.22 bits per heavy atom. The third-order valence-corrected chi connectivity index (χ3v) is 3.31. The molecule has 5 heteroatoms. The molecule has 1 aromatic carbocycles. The molecule has 1 aromatic rings. The third kappa shape index (κ3) is 2.51. The molecule has 1 fully saturated rings. The highest BCUT2D eigenvalue weighted by atomic mass is 19.3. The second-order valence-corrected chi connectivity index (χ2v) is 4.37. The van der Waals surface area contributed by atoms with Crippen molar-refractivity contribution in [2.75, 3.05) is 20.2 Å². The quantitative estimate of drug-likeness (QED) is 0.841. The second-order valence-electron chi connectivity index (χ2n) is 4.37. The molecular formula is C13H15F2NO2. The first kappa shape index (κ1) is 13.0. The number of nitrogens with one attached hydrogen (secondary N) is 1. The van der Waals surface area contributed by atoms with Crippen LogP contribution in [0.25, 0.3) is 0 Å². The van der Waals surface area contributed by atoms with Crippen LogP contribution in [-0.2, 0) is 9.53 Å². The Morgan fingerprint density at radius 3 is 2.89 bits per heavy atom. The Morgan fingerprint density at radius 1 is 1.44 bits per heavy atom. The average Bonchev–Trinajstić information content (AvgIpc) is 2.87. The maximum absolute atomic E-state index is 12.6. The summed E-state index contributed by atoms with van der Waals surface area (Å²) in [5.41, 5.74) is 0.746. The molecule has 1 saturated heterocycles. The van der Waals surface area contributed by atoms with Crippen LogP contribution in [0, 0.1) is 5.92 Å². The minimum Gasteiger partial charge on any atom is -0.469 e. The molecule has 1 N–H and O–H groups in total. The van der Waals surface area contributed by atoms with Gasteiger partial charge in [0.25, 0.3) is 6.43 Å². The highest BCUT2D eigenvalue weighted by Crippen LogP contribution is 2.31. The van der Waals surface area contributed by atoms with E-state index in [1.54, 1.807) is 12.1 Å². The highest BCUT2D eigenvalue weighted by Gasteiger charge is 2.34. The average molecular weight is 255 g/mol. The van der Waals surface area contributed by atoms with Crippen molar-refractivity contribution in [3.05, 3.63) is 35.4 Å². The Hall–Kier alpha value is -1.49. The lowest BCUT2D eigenvalue weighted by Crippen LogP contribution is -2.23. The monoisotopic (exact) mass is 255 g/mol. The molecule has 0 spiro atoms. The number of ether oxygens (including phenoxy) is 1. The molecule has 0 radical (unpaired) electrons. The number of benzene rings is 1. The number of alkyl halides is 2. The number of hydrogen-bond acceptors (Lipinski definition) is 3. The molecule has 98 valence electrons. The molecule has 1 heterocycles. The van der Waals surface area contributed by atoms with E-state index in [-0.39, 0.29) is 23.4 Å². The van der Waals surface area contributed by atoms with Gasteiger partial charge in [0.1, 0.15) is 0 Å². The van der Waals surface area contributed by atoms with Crippen LogP contribution >= 0.6 is 0 Å². The van der Waals surface area contributed by atoms with Crippen LogP contribution in [0.15, 0.2) is 24.3 Å². The molecule has 1 aliphatic rings. The first-order valence-corrected chi connectivity index (χ1v) is 5.80. The van der Waals surface area contributed by atoms with Gasteiger partial charge in [-0.15, -0.1) is 0 Å². The summed E-state index contributed by atoms with van der Waals surface area (Å²) in [6, 6.07) is 6.24. The zero-order chi connectivity index (χ0) is 13.1. The smallest absolute Gasteiger partial charge is 0.310 e. The fourth-order valence-electron chi connectivity index (χ4n) is 2.35. The van der Waals surface area contributed by atoms with Crippen molar-refractivity contribution in [1.29, 1.82) is 0 Å². The molecule has 2 unspecified atom stereocenters. The van der Waals surface area contributed by atoms with Gasteiger partial charge in [0.05, 0.1) is 13.0 Å². The summed E-state index contributed by atoms with van der Waals surface area (Å²) in [5, 5.41) is 3.10. The maximum atomic E-state index is 12.6. The minimum absolute atomic E-state index is 0.0111. The largest absolute Gasteiger partial charge is 0.469 e. The van der Waals surface area contributed by atoms with Gasteiger partial charge in [-0.25, -0.2) is 8.78 Å². The van der Waals surface area contributed by atoms with Gasteiger partial charge in [-0.1, -0.05) is 18.2 Å². The minimum atomic E-state index is -2.49. The lowest BCUT2D eigenvalue weighted by molar-refractivity contribution is -0.145. The van der Waals surface area contributed by atoms with Crippen LogP contribution < -0.4 is 5.32 Å². The van der Waals surface area contributed by atoms with Crippen LogP contribution in [0.2, 0.25) is 0 Å². The van der Waals surface area contributed by atoms with Crippen molar-refractivity contribution >= 4 is 5.97 Å². The van der Waals surface area contributed by atoms with E-state index in [0.717, 1.165) is 5.56 Å². The first-order chi connectivity index (χ1) is 8.63. The normalized spacial score (nSPS) is 23.3. The van der Waals surface area contributed by atoms with Gasteiger partial charge in [0.15, 0.2) is 0 Å². The molecule has 0 saturated carbocycles. The van der Waals surface area contributed by atoms with Crippen molar-refractivity contribution in [3.63, 3.8) is 0 Å². The van der Waals surface area contributed by atoms with E-state index in [1.807, 2.05) is 0 Å². The van der Waals surface area contributed by atoms with Gasteiger partial charge >= 0.3 is 5.97 Å². The fraction of sp³-hybridized carbons (Fsp3) is 0.462. The summed E-state index contributed by atoms with van der Waals surface area (Å²) in [6.07, 6.45) is -2.49. The van der Waals surface area contributed by atoms with E-state index in [2.05, 4.69) is 5.32 Å². The standard InChI is InChI=1S/C13H15F2NO2/c1-18-13(17)11-7-16-6-10(11)8-3-2-4-9(5-8)12(14)15/h2-5,10-12,16H,6-7H2,1H3. The Labute approximate surface area is 104 Å². The molecule has 0 aliphatic carbocycles. The van der Waals surface area contributed by atoms with Gasteiger partial charge in [-0.2, -0.15) is 0 Å². The van der Waals surface area contributed by atoms with Crippen LogP contribution in [0.1, 0.15) is 23.5 Å². The zero-order valence-corrected chi connectivity index (χ0v) is 10.0. The van der Waals surface area contributed by atoms with Crippen LogP contribution in [0.3, 0.4) is 0 Å². The van der Waals surface area contributed by atoms with Gasteiger partial charge < -0.3 is 10.1 Å². The highest BCUT2D eigenvalue weighted by molar-refractivity contribution is 5.74. The molecule has 1 aliphatic heterocycles. The predicted molar refractivity (Wildman–Crippen MR) is 62.5 cm³/mol. The lowest BCUT2D eigenvalue weighted by Gasteiger charge is -2.17. The van der Waals surface area contributed by atoms with Crippen molar-refractivity contribution in [1.82, 2.24) is 5.32 Å². The molecular weight excluding hydrogens is 240 g/mol. The van der Waals surface area contributed by atoms with Crippen molar-refractivity contribution < 1.29 is 18.3 Å². The fourth-order valence-corrected chi connectivity index (χ4v) is 2.35. The van der Waals surface area contributed by atoms with Crippen molar-refractivity contribution in [2.24, 2.45) is 5.92 Å². The van der Waals surface area contributed by atoms with Gasteiger partial charge in [-0.3, -0.25) is 4.79 Å². The van der Waals surface area contributed by atoms with Gasteiger partial charge in [0, 0.05) is 24.6 Å². The van der Waals surface area contributed by atoms with E-state index in [9.17, 15) is 13.6 Å². The molecule has 18 heavy (non-hydrogen) atoms. The van der Waals surface area contributed by atoms with E-state index < -0.39 is 6.43 Å². The number of halogens is 2. The molecule has 0 amide bonds. The van der Waals surface area contributed by atoms with Crippen LogP contribution in [0.5, 0.6) is 0 Å². The molecule has 2 rings (SSSR count). The number of rotatable bonds is 3. The van der Waals surface area contributed by atoms with E-state index >= 15 is 0 Å². The summed E-state index contributed by atoms with van der Waals surface area (Å²) >= 11 is 0. The Balaban J connectivity index is 2.24. The number of esters is 1. The van der Waals surface area contributed by atoms with E-state index in [1.165, 1.54) is 19.2 Å². The molecule has 3 nitrogen and oxygen atoms in total. The van der Waals surface area contributed by atoms with Crippen molar-refractivity contribution in [2.45, 2.75) is 12.3 Å². The van der Waals surface area contributed by atoms with Crippen molar-refractivity contribution in [3.8, 4) is 0 Å².